The Morgan fingerprint density at radius 1 is 0.484 bits per heavy atom. The van der Waals surface area contributed by atoms with Gasteiger partial charge in [0, 0.05) is 5.41 Å². The molecule has 0 unspecified atom stereocenters. The van der Waals surface area contributed by atoms with Gasteiger partial charge in [-0.05, 0) is 57.0 Å². The van der Waals surface area contributed by atoms with E-state index in [1.165, 1.54) is 36.3 Å². The maximum absolute atomic E-state index is 3.80. The van der Waals surface area contributed by atoms with E-state index in [1.54, 1.807) is 0 Å². The highest BCUT2D eigenvalue weighted by Crippen LogP contribution is 2.24. The average Bonchev–Trinajstić information content (AvgIpc) is 2.72. The molecule has 0 saturated heterocycles. The van der Waals surface area contributed by atoms with Crippen LogP contribution >= 0.6 is 0 Å². The number of hydrogen-bond donors (Lipinski definition) is 0. The van der Waals surface area contributed by atoms with Crippen molar-refractivity contribution in [2.24, 2.45) is 10.8 Å². The molecule has 0 N–H and O–H groups in total. The van der Waals surface area contributed by atoms with Crippen LogP contribution in [0.1, 0.15) is 62.3 Å². The molecule has 3 heteroatoms. The molecule has 0 radical (unpaired) electrons. The summed E-state index contributed by atoms with van der Waals surface area (Å²) >= 11 is 0. The van der Waals surface area contributed by atoms with Gasteiger partial charge < -0.3 is 0 Å². The summed E-state index contributed by atoms with van der Waals surface area (Å²) in [5, 5.41) is 0. The van der Waals surface area contributed by atoms with E-state index in [9.17, 15) is 0 Å². The van der Waals surface area contributed by atoms with Gasteiger partial charge in [0.1, 0.15) is 24.2 Å². The SMILES string of the molecule is CC[Si](C#CC(C#CC(C)(C)C)(C#C[Si](C)(C)C)C#C[Si](CC)(CC)CC)(CC)CC. The Hall–Kier alpha value is -1.11. The Morgan fingerprint density at radius 3 is 1.06 bits per heavy atom. The van der Waals surface area contributed by atoms with E-state index in [4.69, 9.17) is 0 Å². The maximum atomic E-state index is 3.80. The fourth-order valence-corrected chi connectivity index (χ4v) is 8.76. The van der Waals surface area contributed by atoms with Crippen molar-refractivity contribution in [3.63, 3.8) is 0 Å². The molecule has 0 amide bonds. The van der Waals surface area contributed by atoms with Gasteiger partial charge in [0.25, 0.3) is 0 Å². The fourth-order valence-electron chi connectivity index (χ4n) is 3.23. The Kier molecular flexibility index (Phi) is 11.8. The van der Waals surface area contributed by atoms with Gasteiger partial charge in [-0.25, -0.2) is 0 Å². The zero-order chi connectivity index (χ0) is 24.4. The highest BCUT2D eigenvalue weighted by Gasteiger charge is 2.30. The molecule has 0 aliphatic carbocycles. The first-order valence-corrected chi connectivity index (χ1v) is 21.1. The van der Waals surface area contributed by atoms with E-state index >= 15 is 0 Å². The van der Waals surface area contributed by atoms with Crippen molar-refractivity contribution in [2.75, 3.05) is 0 Å². The van der Waals surface area contributed by atoms with Gasteiger partial charge >= 0.3 is 0 Å². The molecule has 0 aliphatic rings. The predicted molar refractivity (Wildman–Crippen MR) is 151 cm³/mol. The van der Waals surface area contributed by atoms with Crippen molar-refractivity contribution in [2.45, 2.75) is 118 Å². The zero-order valence-electron chi connectivity index (χ0n) is 22.7. The molecular formula is C28H48Si3. The summed E-state index contributed by atoms with van der Waals surface area (Å²) < 4.78 is 0. The largest absolute Gasteiger partial charge is 0.210 e. The second kappa shape index (κ2) is 12.2. The van der Waals surface area contributed by atoms with Gasteiger partial charge in [0.05, 0.1) is 0 Å². The molecule has 172 valence electrons. The van der Waals surface area contributed by atoms with E-state index in [0.717, 1.165) is 0 Å². The lowest BCUT2D eigenvalue weighted by molar-refractivity contribution is 0.569. The third kappa shape index (κ3) is 10.4. The van der Waals surface area contributed by atoms with Crippen LogP contribution in [-0.2, 0) is 0 Å². The third-order valence-electron chi connectivity index (χ3n) is 6.34. The molecule has 0 nitrogen and oxygen atoms in total. The Bertz CT molecular complexity index is 724. The topological polar surface area (TPSA) is 0 Å². The second-order valence-electron chi connectivity index (χ2n) is 10.9. The molecule has 0 bridgehead atoms. The van der Waals surface area contributed by atoms with Crippen LogP contribution in [-0.4, -0.2) is 24.2 Å². The Morgan fingerprint density at radius 2 is 0.806 bits per heavy atom. The van der Waals surface area contributed by atoms with E-state index < -0.39 is 29.6 Å². The first kappa shape index (κ1) is 29.9. The molecule has 0 saturated carbocycles. The molecule has 0 aliphatic heterocycles. The summed E-state index contributed by atoms with van der Waals surface area (Å²) in [7, 11) is -4.82. The summed E-state index contributed by atoms with van der Waals surface area (Å²) in [4.78, 5) is 0. The van der Waals surface area contributed by atoms with Crippen LogP contribution in [0.5, 0.6) is 0 Å². The van der Waals surface area contributed by atoms with Crippen molar-refractivity contribution in [1.82, 2.24) is 0 Å². The molecule has 0 aromatic rings. The van der Waals surface area contributed by atoms with Crippen molar-refractivity contribution in [1.29, 1.82) is 0 Å². The van der Waals surface area contributed by atoms with E-state index in [2.05, 4.69) is 128 Å². The van der Waals surface area contributed by atoms with Crippen LogP contribution in [0.3, 0.4) is 0 Å². The first-order chi connectivity index (χ1) is 14.2. The summed E-state index contributed by atoms with van der Waals surface area (Å²) in [5.74, 6) is 17.9. The number of rotatable bonds is 6. The summed E-state index contributed by atoms with van der Waals surface area (Å²) in [6, 6.07) is 7.10. The summed E-state index contributed by atoms with van der Waals surface area (Å²) in [6.45, 7) is 27.2. The van der Waals surface area contributed by atoms with Gasteiger partial charge in [-0.15, -0.1) is 16.6 Å². The van der Waals surface area contributed by atoms with Gasteiger partial charge in [0.2, 0.25) is 5.41 Å². The lowest BCUT2D eigenvalue weighted by Gasteiger charge is -2.23. The first-order valence-electron chi connectivity index (χ1n) is 12.4. The lowest BCUT2D eigenvalue weighted by atomic mass is 9.89. The molecule has 0 heterocycles. The standard InChI is InChI=1S/C28H48Si3/c1-13-30(14-2,15-3)25-22-28(20-19-27(7,8)9,21-24-29(10,11)12)23-26-31(16-4,17-5)18-6/h13-18H2,1-12H3. The van der Waals surface area contributed by atoms with Crippen LogP contribution < -0.4 is 0 Å². The molecular weight excluding hydrogens is 421 g/mol. The number of hydrogen-bond acceptors (Lipinski definition) is 0. The minimum atomic E-state index is -1.62. The van der Waals surface area contributed by atoms with Gasteiger partial charge in [-0.1, -0.05) is 90.8 Å². The van der Waals surface area contributed by atoms with Crippen LogP contribution in [0.2, 0.25) is 55.9 Å². The maximum Gasteiger partial charge on any atom is 0.210 e. The molecule has 0 aromatic carbocycles. The predicted octanol–water partition coefficient (Wildman–Crippen LogP) is 8.01. The van der Waals surface area contributed by atoms with E-state index in [1.807, 2.05) is 0 Å². The molecule has 0 atom stereocenters. The molecule has 0 spiro atoms. The van der Waals surface area contributed by atoms with E-state index in [-0.39, 0.29) is 5.41 Å². The van der Waals surface area contributed by atoms with Crippen molar-refractivity contribution in [3.8, 4) is 46.2 Å². The Labute approximate surface area is 199 Å². The summed E-state index contributed by atoms with van der Waals surface area (Å²) in [6.07, 6.45) is 0. The zero-order valence-corrected chi connectivity index (χ0v) is 25.7. The van der Waals surface area contributed by atoms with Crippen LogP contribution in [0.25, 0.3) is 0 Å². The van der Waals surface area contributed by atoms with Crippen LogP contribution in [0.15, 0.2) is 0 Å². The Balaban J connectivity index is 7.20. The van der Waals surface area contributed by atoms with E-state index in [0.29, 0.717) is 0 Å². The highest BCUT2D eigenvalue weighted by atomic mass is 28.3. The van der Waals surface area contributed by atoms with Gasteiger partial charge in [-0.2, -0.15) is 0 Å². The van der Waals surface area contributed by atoms with Crippen molar-refractivity contribution in [3.05, 3.63) is 0 Å². The van der Waals surface area contributed by atoms with Crippen molar-refractivity contribution >= 4 is 24.2 Å². The minimum absolute atomic E-state index is 0.0982. The molecule has 31 heavy (non-hydrogen) atoms. The second-order valence-corrected chi connectivity index (χ2v) is 25.5. The molecule has 0 fully saturated rings. The van der Waals surface area contributed by atoms with Crippen LogP contribution in [0, 0.1) is 57.1 Å². The average molecular weight is 469 g/mol. The fraction of sp³-hybridized carbons (Fsp3) is 0.714. The van der Waals surface area contributed by atoms with Gasteiger partial charge in [0.15, 0.2) is 0 Å². The summed E-state index contributed by atoms with van der Waals surface area (Å²) in [5.41, 5.74) is 10.3. The normalized spacial score (nSPS) is 12.3. The quantitative estimate of drug-likeness (QED) is 0.273. The smallest absolute Gasteiger partial charge is 0.128 e. The van der Waals surface area contributed by atoms with Crippen molar-refractivity contribution < 1.29 is 0 Å². The van der Waals surface area contributed by atoms with Crippen LogP contribution in [0.4, 0.5) is 0 Å². The van der Waals surface area contributed by atoms with Gasteiger partial charge in [-0.3, -0.25) is 0 Å². The lowest BCUT2D eigenvalue weighted by Crippen LogP contribution is -2.32. The minimum Gasteiger partial charge on any atom is -0.128 e. The monoisotopic (exact) mass is 468 g/mol. The molecule has 0 rings (SSSR count). The molecule has 0 aromatic heterocycles. The third-order valence-corrected chi connectivity index (χ3v) is 16.6. The highest BCUT2D eigenvalue weighted by molar-refractivity contribution is 6.87.